The number of hydrogen-bond donors (Lipinski definition) is 1. The third-order valence-corrected chi connectivity index (χ3v) is 5.81. The van der Waals surface area contributed by atoms with Crippen molar-refractivity contribution in [3.63, 3.8) is 0 Å². The Bertz CT molecular complexity index is 809. The van der Waals surface area contributed by atoms with Crippen LogP contribution in [0.1, 0.15) is 60.3 Å². The van der Waals surface area contributed by atoms with Gasteiger partial charge in [-0.2, -0.15) is 5.10 Å². The number of fused-ring (bicyclic) bond motifs is 1. The largest absolute Gasteiger partial charge is 0.448 e. The van der Waals surface area contributed by atoms with Crippen molar-refractivity contribution in [2.75, 3.05) is 5.32 Å². The minimum Gasteiger partial charge on any atom is -0.448 e. The summed E-state index contributed by atoms with van der Waals surface area (Å²) in [5.41, 5.74) is 1.25. The lowest BCUT2D eigenvalue weighted by molar-refractivity contribution is -0.123. The van der Waals surface area contributed by atoms with E-state index in [0.29, 0.717) is 16.6 Å². The smallest absolute Gasteiger partial charge is 0.349 e. The molecule has 0 saturated heterocycles. The number of aromatic nitrogens is 2. The molecular weight excluding hydrogens is 350 g/mol. The minimum atomic E-state index is -0.879. The van der Waals surface area contributed by atoms with Crippen molar-refractivity contribution in [1.82, 2.24) is 9.78 Å². The second kappa shape index (κ2) is 7.61. The number of hydrogen-bond acceptors (Lipinski definition) is 5. The number of rotatable bonds is 5. The van der Waals surface area contributed by atoms with Crippen LogP contribution in [0.4, 0.5) is 5.82 Å². The molecule has 0 radical (unpaired) electrons. The van der Waals surface area contributed by atoms with Gasteiger partial charge in [0.15, 0.2) is 6.10 Å². The van der Waals surface area contributed by atoms with Gasteiger partial charge in [-0.05, 0) is 57.6 Å². The van der Waals surface area contributed by atoms with Gasteiger partial charge in [-0.15, -0.1) is 11.3 Å². The van der Waals surface area contributed by atoms with E-state index in [1.54, 1.807) is 23.9 Å². The molecule has 0 spiro atoms. The Labute approximate surface area is 157 Å². The van der Waals surface area contributed by atoms with Crippen LogP contribution in [-0.2, 0) is 22.4 Å². The molecule has 3 rings (SSSR count). The highest BCUT2D eigenvalue weighted by Crippen LogP contribution is 2.32. The van der Waals surface area contributed by atoms with Crippen LogP contribution in [0, 0.1) is 5.92 Å². The van der Waals surface area contributed by atoms with Crippen molar-refractivity contribution in [3.05, 3.63) is 33.6 Å². The highest BCUT2D eigenvalue weighted by molar-refractivity contribution is 7.14. The van der Waals surface area contributed by atoms with Gasteiger partial charge in [-0.1, -0.05) is 6.92 Å². The average molecular weight is 375 g/mol. The highest BCUT2D eigenvalue weighted by Gasteiger charge is 2.24. The topological polar surface area (TPSA) is 73.2 Å². The van der Waals surface area contributed by atoms with Crippen LogP contribution in [0.25, 0.3) is 0 Å². The quantitative estimate of drug-likeness (QED) is 0.806. The summed E-state index contributed by atoms with van der Waals surface area (Å²) in [4.78, 5) is 26.6. The number of nitrogens with zero attached hydrogens (tertiary/aromatic N) is 2. The molecule has 2 aromatic heterocycles. The van der Waals surface area contributed by atoms with E-state index in [0.717, 1.165) is 19.3 Å². The second-order valence-electron chi connectivity index (χ2n) is 7.20. The third kappa shape index (κ3) is 3.98. The molecule has 1 amide bonds. The van der Waals surface area contributed by atoms with Gasteiger partial charge in [0.25, 0.3) is 5.91 Å². The number of amides is 1. The van der Waals surface area contributed by atoms with Crippen LogP contribution in [-0.4, -0.2) is 27.8 Å². The van der Waals surface area contributed by atoms with Crippen LogP contribution >= 0.6 is 11.3 Å². The molecule has 1 N–H and O–H groups in total. The van der Waals surface area contributed by atoms with Gasteiger partial charge in [0.2, 0.25) is 0 Å². The van der Waals surface area contributed by atoms with Crippen molar-refractivity contribution >= 4 is 29.0 Å². The number of esters is 1. The zero-order valence-electron chi connectivity index (χ0n) is 15.6. The molecule has 2 atom stereocenters. The average Bonchev–Trinajstić information content (AvgIpc) is 3.20. The van der Waals surface area contributed by atoms with Gasteiger partial charge < -0.3 is 10.1 Å². The molecule has 1 aliphatic rings. The fraction of sp³-hybridized carbons (Fsp3) is 0.526. The van der Waals surface area contributed by atoms with E-state index in [1.807, 2.05) is 19.9 Å². The lowest BCUT2D eigenvalue weighted by atomic mass is 9.90. The van der Waals surface area contributed by atoms with Gasteiger partial charge in [0.05, 0.1) is 6.20 Å². The van der Waals surface area contributed by atoms with Crippen molar-refractivity contribution in [1.29, 1.82) is 0 Å². The second-order valence-corrected chi connectivity index (χ2v) is 8.34. The van der Waals surface area contributed by atoms with Gasteiger partial charge in [-0.25, -0.2) is 9.48 Å². The molecule has 0 saturated carbocycles. The molecule has 6 nitrogen and oxygen atoms in total. The maximum absolute atomic E-state index is 12.4. The molecule has 0 fully saturated rings. The number of ether oxygens (including phenoxy) is 1. The number of anilines is 1. The van der Waals surface area contributed by atoms with Crippen molar-refractivity contribution < 1.29 is 14.3 Å². The van der Waals surface area contributed by atoms with E-state index in [1.165, 1.54) is 21.8 Å². The lowest BCUT2D eigenvalue weighted by Crippen LogP contribution is -2.30. The Morgan fingerprint density at radius 1 is 1.38 bits per heavy atom. The molecule has 2 aromatic rings. The summed E-state index contributed by atoms with van der Waals surface area (Å²) in [6, 6.07) is 3.77. The Kier molecular flexibility index (Phi) is 5.46. The number of carbonyl (C=O) groups excluding carboxylic acids is 2. The number of aryl methyl sites for hydroxylation is 1. The molecule has 2 heterocycles. The zero-order chi connectivity index (χ0) is 18.8. The van der Waals surface area contributed by atoms with Crippen LogP contribution < -0.4 is 5.32 Å². The summed E-state index contributed by atoms with van der Waals surface area (Å²) in [7, 11) is 0. The third-order valence-electron chi connectivity index (χ3n) is 4.59. The normalized spacial score (nSPS) is 17.7. The number of thiophene rings is 1. The summed E-state index contributed by atoms with van der Waals surface area (Å²) in [5, 5.41) is 6.95. The molecule has 26 heavy (non-hydrogen) atoms. The zero-order valence-corrected chi connectivity index (χ0v) is 16.4. The van der Waals surface area contributed by atoms with Gasteiger partial charge in [0, 0.05) is 17.0 Å². The standard InChI is InChI=1S/C19H25N3O3S/c1-11(2)22-17(7-8-20-22)21-18(23)13(4)25-19(24)16-10-14-9-12(3)5-6-15(14)26-16/h7-8,10-13H,5-6,9H2,1-4H3,(H,21,23)/t12-,13-/m1/s1. The van der Waals surface area contributed by atoms with E-state index in [2.05, 4.69) is 17.3 Å². The maximum atomic E-state index is 12.4. The first-order valence-corrected chi connectivity index (χ1v) is 9.83. The highest BCUT2D eigenvalue weighted by atomic mass is 32.1. The van der Waals surface area contributed by atoms with Crippen molar-refractivity contribution in [2.24, 2.45) is 5.92 Å². The Morgan fingerprint density at radius 3 is 2.88 bits per heavy atom. The molecule has 0 aromatic carbocycles. The van der Waals surface area contributed by atoms with Gasteiger partial charge in [-0.3, -0.25) is 4.79 Å². The first kappa shape index (κ1) is 18.6. The molecule has 1 aliphatic carbocycles. The van der Waals surface area contributed by atoms with E-state index >= 15 is 0 Å². The SMILES string of the molecule is CC(C)n1nccc1NC(=O)[C@@H](C)OC(=O)c1cc2c(s1)CC[C@@H](C)C2. The summed E-state index contributed by atoms with van der Waals surface area (Å²) in [6.07, 6.45) is 3.93. The van der Waals surface area contributed by atoms with E-state index in [4.69, 9.17) is 4.74 Å². The lowest BCUT2D eigenvalue weighted by Gasteiger charge is -2.16. The molecular formula is C19H25N3O3S. The maximum Gasteiger partial charge on any atom is 0.349 e. The van der Waals surface area contributed by atoms with Crippen molar-refractivity contribution in [2.45, 2.75) is 59.1 Å². The predicted molar refractivity (Wildman–Crippen MR) is 102 cm³/mol. The summed E-state index contributed by atoms with van der Waals surface area (Å²) >= 11 is 1.49. The summed E-state index contributed by atoms with van der Waals surface area (Å²) < 4.78 is 7.09. The Morgan fingerprint density at radius 2 is 2.15 bits per heavy atom. The predicted octanol–water partition coefficient (Wildman–Crippen LogP) is 3.83. The van der Waals surface area contributed by atoms with Crippen LogP contribution in [0.5, 0.6) is 0 Å². The first-order valence-electron chi connectivity index (χ1n) is 9.02. The van der Waals surface area contributed by atoms with Crippen LogP contribution in [0.15, 0.2) is 18.3 Å². The van der Waals surface area contributed by atoms with E-state index in [-0.39, 0.29) is 11.9 Å². The molecule has 0 aliphatic heterocycles. The molecule has 7 heteroatoms. The van der Waals surface area contributed by atoms with Crippen LogP contribution in [0.3, 0.4) is 0 Å². The molecule has 0 bridgehead atoms. The molecule has 140 valence electrons. The summed E-state index contributed by atoms with van der Waals surface area (Å²) in [6.45, 7) is 7.77. The monoisotopic (exact) mass is 375 g/mol. The van der Waals surface area contributed by atoms with Crippen LogP contribution in [0.2, 0.25) is 0 Å². The number of nitrogens with one attached hydrogen (secondary N) is 1. The minimum absolute atomic E-state index is 0.123. The fourth-order valence-electron chi connectivity index (χ4n) is 3.13. The first-order chi connectivity index (χ1) is 12.3. The van der Waals surface area contributed by atoms with Gasteiger partial charge >= 0.3 is 5.97 Å². The number of carbonyl (C=O) groups is 2. The van der Waals surface area contributed by atoms with Gasteiger partial charge in [0.1, 0.15) is 10.7 Å². The van der Waals surface area contributed by atoms with Crippen molar-refractivity contribution in [3.8, 4) is 0 Å². The Hall–Kier alpha value is -2.15. The van der Waals surface area contributed by atoms with E-state index in [9.17, 15) is 9.59 Å². The Balaban J connectivity index is 1.62. The molecule has 0 unspecified atom stereocenters. The fourth-order valence-corrected chi connectivity index (χ4v) is 4.22. The van der Waals surface area contributed by atoms with E-state index < -0.39 is 12.1 Å². The summed E-state index contributed by atoms with van der Waals surface area (Å²) in [5.74, 6) is 0.442.